The summed E-state index contributed by atoms with van der Waals surface area (Å²) in [7, 11) is 0. The van der Waals surface area contributed by atoms with Gasteiger partial charge in [0, 0.05) is 43.1 Å². The molecule has 0 saturated carbocycles. The van der Waals surface area contributed by atoms with E-state index in [2.05, 4.69) is 66.3 Å². The van der Waals surface area contributed by atoms with E-state index < -0.39 is 0 Å². The van der Waals surface area contributed by atoms with Crippen molar-refractivity contribution in [2.45, 2.75) is 60.0 Å². The third-order valence-electron chi connectivity index (χ3n) is 4.57. The van der Waals surface area contributed by atoms with Crippen molar-refractivity contribution in [2.24, 2.45) is 0 Å². The van der Waals surface area contributed by atoms with Gasteiger partial charge >= 0.3 is 0 Å². The summed E-state index contributed by atoms with van der Waals surface area (Å²) in [5, 5.41) is 3.44. The Morgan fingerprint density at radius 1 is 1.07 bits per heavy atom. The first-order chi connectivity index (χ1) is 13.8. The van der Waals surface area contributed by atoms with Gasteiger partial charge in [-0.25, -0.2) is 19.9 Å². The average Bonchev–Trinajstić information content (AvgIpc) is 3.03. The van der Waals surface area contributed by atoms with Crippen molar-refractivity contribution in [2.75, 3.05) is 29.0 Å². The molecule has 0 saturated heterocycles. The van der Waals surface area contributed by atoms with Crippen molar-refractivity contribution in [3.63, 3.8) is 0 Å². The Labute approximate surface area is 171 Å². The highest BCUT2D eigenvalue weighted by Crippen LogP contribution is 2.32. The van der Waals surface area contributed by atoms with Crippen LogP contribution in [0.15, 0.2) is 12.4 Å². The Bertz CT molecular complexity index is 960. The Balaban J connectivity index is 2.32. The normalized spacial score (nSPS) is 11.6. The zero-order valence-corrected chi connectivity index (χ0v) is 18.1. The number of aromatic nitrogens is 6. The van der Waals surface area contributed by atoms with E-state index in [9.17, 15) is 0 Å². The molecule has 29 heavy (non-hydrogen) atoms. The van der Waals surface area contributed by atoms with Crippen LogP contribution in [0.4, 0.5) is 17.8 Å². The Hall–Kier alpha value is -2.97. The van der Waals surface area contributed by atoms with Crippen LogP contribution >= 0.6 is 0 Å². The molecule has 0 bridgehead atoms. The van der Waals surface area contributed by atoms with Gasteiger partial charge in [0.05, 0.1) is 0 Å². The monoisotopic (exact) mass is 397 g/mol. The molecule has 3 aromatic heterocycles. The summed E-state index contributed by atoms with van der Waals surface area (Å²) in [5.41, 5.74) is 8.70. The van der Waals surface area contributed by atoms with Gasteiger partial charge in [0.1, 0.15) is 11.2 Å². The van der Waals surface area contributed by atoms with Crippen molar-refractivity contribution in [3.8, 4) is 11.3 Å². The van der Waals surface area contributed by atoms with Gasteiger partial charge in [-0.2, -0.15) is 4.98 Å². The first-order valence-electron chi connectivity index (χ1n) is 10.2. The van der Waals surface area contributed by atoms with E-state index in [-0.39, 0.29) is 18.0 Å². The zero-order valence-electron chi connectivity index (χ0n) is 18.1. The molecule has 0 fully saturated rings. The van der Waals surface area contributed by atoms with E-state index in [1.165, 1.54) is 0 Å². The fourth-order valence-corrected chi connectivity index (χ4v) is 3.28. The van der Waals surface area contributed by atoms with Crippen LogP contribution in [-0.2, 0) is 0 Å². The summed E-state index contributed by atoms with van der Waals surface area (Å²) in [5.74, 6) is 1.70. The predicted octanol–water partition coefficient (Wildman–Crippen LogP) is 3.50. The molecule has 0 unspecified atom stereocenters. The topological polar surface area (TPSA) is 111 Å². The number of anilines is 3. The maximum Gasteiger partial charge on any atom is 0.228 e. The Morgan fingerprint density at radius 3 is 2.31 bits per heavy atom. The minimum atomic E-state index is 0.181. The second-order valence-corrected chi connectivity index (χ2v) is 7.65. The zero-order chi connectivity index (χ0) is 21.1. The minimum absolute atomic E-state index is 0.181. The van der Waals surface area contributed by atoms with E-state index in [1.807, 2.05) is 0 Å². The predicted molar refractivity (Wildman–Crippen MR) is 118 cm³/mol. The molecular weight excluding hydrogens is 366 g/mol. The van der Waals surface area contributed by atoms with Gasteiger partial charge in [-0.05, 0) is 41.0 Å². The second-order valence-electron chi connectivity index (χ2n) is 7.65. The smallest absolute Gasteiger partial charge is 0.228 e. The lowest BCUT2D eigenvalue weighted by Crippen LogP contribution is -2.26. The first-order valence-corrected chi connectivity index (χ1v) is 10.2. The Kier molecular flexibility index (Phi) is 6.14. The van der Waals surface area contributed by atoms with Crippen molar-refractivity contribution in [3.05, 3.63) is 12.4 Å². The van der Waals surface area contributed by atoms with Gasteiger partial charge in [0.25, 0.3) is 0 Å². The third-order valence-corrected chi connectivity index (χ3v) is 4.57. The van der Waals surface area contributed by atoms with Gasteiger partial charge in [0.2, 0.25) is 17.8 Å². The molecule has 0 spiro atoms. The van der Waals surface area contributed by atoms with Crippen LogP contribution in [0, 0.1) is 0 Å². The van der Waals surface area contributed by atoms with Crippen LogP contribution in [0.25, 0.3) is 22.4 Å². The molecule has 0 aliphatic rings. The number of nitrogens with one attached hydrogen (secondary N) is 1. The van der Waals surface area contributed by atoms with Gasteiger partial charge < -0.3 is 16.0 Å². The highest BCUT2D eigenvalue weighted by atomic mass is 15.3. The van der Waals surface area contributed by atoms with E-state index in [0.717, 1.165) is 42.2 Å². The number of rotatable bonds is 8. The molecule has 3 heterocycles. The van der Waals surface area contributed by atoms with Crippen molar-refractivity contribution in [1.82, 2.24) is 29.5 Å². The molecule has 3 aromatic rings. The van der Waals surface area contributed by atoms with Gasteiger partial charge in [-0.3, -0.25) is 4.57 Å². The number of nitrogen functional groups attached to an aromatic ring is 1. The number of imidazole rings is 1. The molecule has 3 rings (SSSR count). The largest absolute Gasteiger partial charge is 0.368 e. The summed E-state index contributed by atoms with van der Waals surface area (Å²) in [6, 6.07) is 0.424. The first kappa shape index (κ1) is 20.8. The van der Waals surface area contributed by atoms with Crippen LogP contribution in [-0.4, -0.2) is 48.6 Å². The van der Waals surface area contributed by atoms with Crippen LogP contribution in [0.1, 0.15) is 54.0 Å². The standard InChI is InChI=1S/C20H31N9/c1-7-9-28(8-2)19-25-15(14-10-22-18(21)23-11-14)16-17(27-19)29(13(5)6)20(26-16)24-12(3)4/h10-13H,7-9H2,1-6H3,(H,24,26)(H2,21,22,23). The average molecular weight is 398 g/mol. The van der Waals surface area contributed by atoms with E-state index in [0.29, 0.717) is 11.6 Å². The van der Waals surface area contributed by atoms with Gasteiger partial charge in [0.15, 0.2) is 5.65 Å². The molecule has 0 atom stereocenters. The van der Waals surface area contributed by atoms with Crippen LogP contribution in [0.5, 0.6) is 0 Å². The number of hydrogen-bond acceptors (Lipinski definition) is 8. The fraction of sp³-hybridized carbons (Fsp3) is 0.550. The Morgan fingerprint density at radius 2 is 1.76 bits per heavy atom. The van der Waals surface area contributed by atoms with Crippen LogP contribution in [0.2, 0.25) is 0 Å². The molecule has 0 aromatic carbocycles. The van der Waals surface area contributed by atoms with Crippen LogP contribution < -0.4 is 16.0 Å². The summed E-state index contributed by atoms with van der Waals surface area (Å²) in [4.78, 5) is 25.1. The van der Waals surface area contributed by atoms with Gasteiger partial charge in [-0.1, -0.05) is 6.92 Å². The van der Waals surface area contributed by atoms with Crippen molar-refractivity contribution in [1.29, 1.82) is 0 Å². The maximum atomic E-state index is 5.69. The summed E-state index contributed by atoms with van der Waals surface area (Å²) in [6.45, 7) is 14.4. The number of fused-ring (bicyclic) bond motifs is 1. The van der Waals surface area contributed by atoms with E-state index >= 15 is 0 Å². The fourth-order valence-electron chi connectivity index (χ4n) is 3.28. The second kappa shape index (κ2) is 8.59. The van der Waals surface area contributed by atoms with Crippen molar-refractivity contribution < 1.29 is 0 Å². The third kappa shape index (κ3) is 4.23. The van der Waals surface area contributed by atoms with Crippen molar-refractivity contribution >= 4 is 29.0 Å². The summed E-state index contributed by atoms with van der Waals surface area (Å²) >= 11 is 0. The lowest BCUT2D eigenvalue weighted by atomic mass is 10.2. The SMILES string of the molecule is CCCN(CC)c1nc(-c2cnc(N)nc2)c2nc(NC(C)C)n(C(C)C)c2n1. The number of nitrogens with zero attached hydrogens (tertiary/aromatic N) is 7. The molecule has 3 N–H and O–H groups in total. The highest BCUT2D eigenvalue weighted by Gasteiger charge is 2.22. The molecule has 0 amide bonds. The number of hydrogen-bond donors (Lipinski definition) is 2. The summed E-state index contributed by atoms with van der Waals surface area (Å²) < 4.78 is 2.13. The van der Waals surface area contributed by atoms with Crippen LogP contribution in [0.3, 0.4) is 0 Å². The molecule has 9 heteroatoms. The quantitative estimate of drug-likeness (QED) is 0.594. The lowest BCUT2D eigenvalue weighted by Gasteiger charge is -2.21. The maximum absolute atomic E-state index is 5.69. The van der Waals surface area contributed by atoms with Gasteiger partial charge in [-0.15, -0.1) is 0 Å². The molecule has 0 aliphatic heterocycles. The lowest BCUT2D eigenvalue weighted by molar-refractivity contribution is 0.613. The number of nitrogens with two attached hydrogens (primary N) is 1. The molecule has 0 aliphatic carbocycles. The molecule has 156 valence electrons. The highest BCUT2D eigenvalue weighted by molar-refractivity contribution is 5.90. The van der Waals surface area contributed by atoms with E-state index in [1.54, 1.807) is 12.4 Å². The molecule has 9 nitrogen and oxygen atoms in total. The molecular formula is C20H31N9. The molecule has 0 radical (unpaired) electrons. The minimum Gasteiger partial charge on any atom is -0.368 e. The summed E-state index contributed by atoms with van der Waals surface area (Å²) in [6.07, 6.45) is 4.39. The van der Waals surface area contributed by atoms with E-state index in [4.69, 9.17) is 20.7 Å².